The zero-order chi connectivity index (χ0) is 14.0. The van der Waals surface area contributed by atoms with Crippen molar-refractivity contribution in [1.29, 1.82) is 0 Å². The van der Waals surface area contributed by atoms with Crippen LogP contribution in [0.5, 0.6) is 5.75 Å². The Morgan fingerprint density at radius 2 is 2.11 bits per heavy atom. The number of nitrogens with two attached hydrogens (primary N) is 1. The lowest BCUT2D eigenvalue weighted by atomic mass is 10.1. The van der Waals surface area contributed by atoms with E-state index in [1.807, 2.05) is 26.0 Å². The van der Waals surface area contributed by atoms with Crippen molar-refractivity contribution in [2.45, 2.75) is 39.2 Å². The van der Waals surface area contributed by atoms with E-state index in [9.17, 15) is 4.79 Å². The zero-order valence-electron chi connectivity index (χ0n) is 11.8. The summed E-state index contributed by atoms with van der Waals surface area (Å²) in [4.78, 5) is 12.2. The van der Waals surface area contributed by atoms with E-state index < -0.39 is 0 Å². The van der Waals surface area contributed by atoms with Gasteiger partial charge in [0.2, 0.25) is 5.91 Å². The number of ether oxygens (including phenoxy) is 1. The molecule has 1 amide bonds. The van der Waals surface area contributed by atoms with Crippen molar-refractivity contribution in [2.75, 3.05) is 12.4 Å². The van der Waals surface area contributed by atoms with Crippen molar-refractivity contribution < 1.29 is 9.53 Å². The van der Waals surface area contributed by atoms with Gasteiger partial charge in [0.1, 0.15) is 5.75 Å². The molecule has 2 rings (SSSR count). The molecule has 0 saturated heterocycles. The van der Waals surface area contributed by atoms with Gasteiger partial charge in [0, 0.05) is 23.2 Å². The second kappa shape index (κ2) is 5.61. The van der Waals surface area contributed by atoms with Gasteiger partial charge in [-0.2, -0.15) is 0 Å². The number of anilines is 1. The Balaban J connectivity index is 2.13. The quantitative estimate of drug-likeness (QED) is 0.879. The molecule has 4 heteroatoms. The molecule has 104 valence electrons. The average Bonchev–Trinajstić information content (AvgIpc) is 2.80. The number of rotatable bonds is 3. The summed E-state index contributed by atoms with van der Waals surface area (Å²) >= 11 is 0. The first-order valence-electron chi connectivity index (χ1n) is 6.73. The molecule has 0 bridgehead atoms. The molecule has 1 aromatic rings. The molecule has 0 aromatic heterocycles. The second-order valence-electron chi connectivity index (χ2n) is 5.35. The van der Waals surface area contributed by atoms with Crippen LogP contribution in [-0.4, -0.2) is 19.1 Å². The zero-order valence-corrected chi connectivity index (χ0v) is 11.8. The van der Waals surface area contributed by atoms with Gasteiger partial charge in [0.05, 0.1) is 7.11 Å². The maximum atomic E-state index is 12.2. The predicted octanol–water partition coefficient (Wildman–Crippen LogP) is 2.38. The highest BCUT2D eigenvalue weighted by atomic mass is 16.5. The van der Waals surface area contributed by atoms with E-state index in [0.717, 1.165) is 41.8 Å². The van der Waals surface area contributed by atoms with Crippen LogP contribution in [0.25, 0.3) is 0 Å². The highest BCUT2D eigenvalue weighted by molar-refractivity contribution is 5.93. The summed E-state index contributed by atoms with van der Waals surface area (Å²) in [6.45, 7) is 3.95. The van der Waals surface area contributed by atoms with E-state index >= 15 is 0 Å². The predicted molar refractivity (Wildman–Crippen MR) is 76.4 cm³/mol. The van der Waals surface area contributed by atoms with Gasteiger partial charge < -0.3 is 15.8 Å². The summed E-state index contributed by atoms with van der Waals surface area (Å²) in [5.41, 5.74) is 8.72. The monoisotopic (exact) mass is 262 g/mol. The molecule has 1 fully saturated rings. The van der Waals surface area contributed by atoms with Crippen LogP contribution in [0.2, 0.25) is 0 Å². The van der Waals surface area contributed by atoms with Gasteiger partial charge in [-0.1, -0.05) is 6.07 Å². The molecular weight excluding hydrogens is 240 g/mol. The molecule has 2 atom stereocenters. The number of benzene rings is 1. The maximum Gasteiger partial charge on any atom is 0.227 e. The number of hydrogen-bond acceptors (Lipinski definition) is 3. The minimum absolute atomic E-state index is 0.0432. The summed E-state index contributed by atoms with van der Waals surface area (Å²) < 4.78 is 5.37. The molecule has 0 heterocycles. The lowest BCUT2D eigenvalue weighted by Crippen LogP contribution is -2.23. The third-order valence-electron chi connectivity index (χ3n) is 3.91. The fraction of sp³-hybridized carbons (Fsp3) is 0.533. The van der Waals surface area contributed by atoms with Crippen molar-refractivity contribution in [2.24, 2.45) is 11.7 Å². The van der Waals surface area contributed by atoms with Gasteiger partial charge in [-0.15, -0.1) is 0 Å². The van der Waals surface area contributed by atoms with Gasteiger partial charge in [0.15, 0.2) is 0 Å². The topological polar surface area (TPSA) is 64.3 Å². The van der Waals surface area contributed by atoms with Crippen molar-refractivity contribution in [1.82, 2.24) is 0 Å². The molecule has 1 saturated carbocycles. The van der Waals surface area contributed by atoms with Gasteiger partial charge >= 0.3 is 0 Å². The average molecular weight is 262 g/mol. The Morgan fingerprint density at radius 3 is 2.68 bits per heavy atom. The molecule has 19 heavy (non-hydrogen) atoms. The van der Waals surface area contributed by atoms with Crippen molar-refractivity contribution in [3.05, 3.63) is 23.3 Å². The van der Waals surface area contributed by atoms with E-state index in [2.05, 4.69) is 5.32 Å². The molecule has 0 aliphatic heterocycles. The van der Waals surface area contributed by atoms with Gasteiger partial charge in [-0.25, -0.2) is 0 Å². The first-order valence-corrected chi connectivity index (χ1v) is 6.73. The van der Waals surface area contributed by atoms with Crippen LogP contribution < -0.4 is 15.8 Å². The molecule has 0 spiro atoms. The molecule has 1 aliphatic carbocycles. The van der Waals surface area contributed by atoms with Crippen LogP contribution in [0.1, 0.15) is 30.4 Å². The van der Waals surface area contributed by atoms with Gasteiger partial charge in [-0.05, 0) is 44.7 Å². The summed E-state index contributed by atoms with van der Waals surface area (Å²) in [6.07, 6.45) is 2.61. The lowest BCUT2D eigenvalue weighted by Gasteiger charge is -2.16. The van der Waals surface area contributed by atoms with Crippen LogP contribution in [-0.2, 0) is 4.79 Å². The Hall–Kier alpha value is -1.55. The maximum absolute atomic E-state index is 12.2. The fourth-order valence-corrected chi connectivity index (χ4v) is 2.77. The van der Waals surface area contributed by atoms with Crippen molar-refractivity contribution >= 4 is 11.6 Å². The number of hydrogen-bond donors (Lipinski definition) is 2. The van der Waals surface area contributed by atoms with E-state index in [4.69, 9.17) is 10.5 Å². The minimum Gasteiger partial charge on any atom is -0.496 e. The Bertz CT molecular complexity index is 485. The van der Waals surface area contributed by atoms with Crippen LogP contribution in [0.4, 0.5) is 5.69 Å². The molecular formula is C15H22N2O2. The Morgan fingerprint density at radius 1 is 1.37 bits per heavy atom. The van der Waals surface area contributed by atoms with Crippen LogP contribution in [0.3, 0.4) is 0 Å². The lowest BCUT2D eigenvalue weighted by molar-refractivity contribution is -0.119. The number of amides is 1. The van der Waals surface area contributed by atoms with Crippen LogP contribution in [0.15, 0.2) is 12.1 Å². The number of carbonyl (C=O) groups is 1. The number of methoxy groups -OCH3 is 1. The molecule has 3 N–H and O–H groups in total. The van der Waals surface area contributed by atoms with Gasteiger partial charge in [0.25, 0.3) is 0 Å². The van der Waals surface area contributed by atoms with Gasteiger partial charge in [-0.3, -0.25) is 4.79 Å². The van der Waals surface area contributed by atoms with Crippen molar-refractivity contribution in [3.8, 4) is 5.75 Å². The summed E-state index contributed by atoms with van der Waals surface area (Å²) in [5, 5.41) is 3.00. The third kappa shape index (κ3) is 2.89. The third-order valence-corrected chi connectivity index (χ3v) is 3.91. The first kappa shape index (κ1) is 13.9. The van der Waals surface area contributed by atoms with E-state index in [-0.39, 0.29) is 17.9 Å². The fourth-order valence-electron chi connectivity index (χ4n) is 2.77. The Labute approximate surface area is 114 Å². The van der Waals surface area contributed by atoms with E-state index in [1.165, 1.54) is 0 Å². The summed E-state index contributed by atoms with van der Waals surface area (Å²) in [7, 11) is 1.65. The molecule has 1 aliphatic rings. The summed E-state index contributed by atoms with van der Waals surface area (Å²) in [5.74, 6) is 0.949. The van der Waals surface area contributed by atoms with Crippen LogP contribution >= 0.6 is 0 Å². The normalized spacial score (nSPS) is 22.3. The number of nitrogens with one attached hydrogen (secondary N) is 1. The van der Waals surface area contributed by atoms with Crippen molar-refractivity contribution in [3.63, 3.8) is 0 Å². The summed E-state index contributed by atoms with van der Waals surface area (Å²) in [6, 6.07) is 4.06. The molecule has 2 unspecified atom stereocenters. The SMILES string of the molecule is COc1c(C)ccc(NC(=O)C2CCC(N)C2)c1C. The number of aryl methyl sites for hydroxylation is 1. The first-order chi connectivity index (χ1) is 9.02. The highest BCUT2D eigenvalue weighted by Crippen LogP contribution is 2.31. The smallest absolute Gasteiger partial charge is 0.227 e. The standard InChI is InChI=1S/C15H22N2O2/c1-9-4-7-13(10(2)14(9)19-3)17-15(18)11-5-6-12(16)8-11/h4,7,11-12H,5-6,8,16H2,1-3H3,(H,17,18). The molecule has 1 aromatic carbocycles. The number of carbonyl (C=O) groups excluding carboxylic acids is 1. The van der Waals surface area contributed by atoms with E-state index in [0.29, 0.717) is 0 Å². The minimum atomic E-state index is 0.0432. The molecule has 0 radical (unpaired) electrons. The molecule has 4 nitrogen and oxygen atoms in total. The Kier molecular flexibility index (Phi) is 4.10. The van der Waals surface area contributed by atoms with Crippen LogP contribution in [0, 0.1) is 19.8 Å². The van der Waals surface area contributed by atoms with E-state index in [1.54, 1.807) is 7.11 Å². The second-order valence-corrected chi connectivity index (χ2v) is 5.35. The highest BCUT2D eigenvalue weighted by Gasteiger charge is 2.28. The largest absolute Gasteiger partial charge is 0.496 e.